The number of ether oxygens (including phenoxy) is 1. The van der Waals surface area contributed by atoms with Crippen LogP contribution in [0, 0.1) is 11.7 Å². The molecule has 3 nitrogen and oxygen atoms in total. The van der Waals surface area contributed by atoms with Gasteiger partial charge in [0.15, 0.2) is 0 Å². The van der Waals surface area contributed by atoms with Gasteiger partial charge in [-0.25, -0.2) is 4.39 Å². The Morgan fingerprint density at radius 3 is 2.85 bits per heavy atom. The van der Waals surface area contributed by atoms with Crippen LogP contribution in [0.1, 0.15) is 31.2 Å². The average molecular weight is 344 g/mol. The SMILES string of the molecule is C1CC1.Fc1ccc(Br)cc1C12COCCC1CON2. The third kappa shape index (κ3) is 2.91. The van der Waals surface area contributed by atoms with Crippen molar-refractivity contribution >= 4 is 15.9 Å². The van der Waals surface area contributed by atoms with Crippen molar-refractivity contribution in [3.8, 4) is 0 Å². The van der Waals surface area contributed by atoms with Gasteiger partial charge < -0.3 is 9.57 Å². The van der Waals surface area contributed by atoms with Crippen molar-refractivity contribution < 1.29 is 14.0 Å². The van der Waals surface area contributed by atoms with Crippen LogP contribution in [0.2, 0.25) is 0 Å². The molecule has 5 heteroatoms. The highest BCUT2D eigenvalue weighted by Crippen LogP contribution is 2.41. The Kier molecular flexibility index (Phi) is 4.40. The highest BCUT2D eigenvalue weighted by atomic mass is 79.9. The van der Waals surface area contributed by atoms with Crippen LogP contribution in [0.4, 0.5) is 4.39 Å². The molecule has 0 amide bonds. The number of hydrogen-bond donors (Lipinski definition) is 1. The van der Waals surface area contributed by atoms with Crippen LogP contribution in [-0.4, -0.2) is 19.8 Å². The van der Waals surface area contributed by atoms with Gasteiger partial charge in [-0.1, -0.05) is 35.2 Å². The zero-order chi connectivity index (χ0) is 14.0. The summed E-state index contributed by atoms with van der Waals surface area (Å²) in [7, 11) is 0. The fraction of sp³-hybridized carbons (Fsp3) is 0.600. The van der Waals surface area contributed by atoms with Gasteiger partial charge in [-0.2, -0.15) is 5.48 Å². The van der Waals surface area contributed by atoms with Gasteiger partial charge in [-0.15, -0.1) is 0 Å². The molecule has 4 rings (SSSR count). The van der Waals surface area contributed by atoms with Gasteiger partial charge in [0.1, 0.15) is 5.82 Å². The van der Waals surface area contributed by atoms with E-state index in [2.05, 4.69) is 21.4 Å². The van der Waals surface area contributed by atoms with Crippen LogP contribution in [-0.2, 0) is 15.1 Å². The standard InChI is InChI=1S/C12H13BrFNO2.C3H6/c13-9-1-2-11(14)10(5-9)12-7-16-4-3-8(12)6-17-15-12;1-2-3-1/h1-2,5,8,15H,3-4,6-7H2;1-3H2. The summed E-state index contributed by atoms with van der Waals surface area (Å²) in [5, 5.41) is 0. The van der Waals surface area contributed by atoms with E-state index in [1.807, 2.05) is 0 Å². The van der Waals surface area contributed by atoms with E-state index in [0.29, 0.717) is 25.4 Å². The van der Waals surface area contributed by atoms with Crippen LogP contribution in [0.25, 0.3) is 0 Å². The normalized spacial score (nSPS) is 31.2. The maximum absolute atomic E-state index is 14.0. The van der Waals surface area contributed by atoms with Crippen LogP contribution in [0.15, 0.2) is 22.7 Å². The molecule has 2 heterocycles. The number of nitrogens with one attached hydrogen (secondary N) is 1. The van der Waals surface area contributed by atoms with Gasteiger partial charge in [0.25, 0.3) is 0 Å². The largest absolute Gasteiger partial charge is 0.379 e. The molecule has 110 valence electrons. The van der Waals surface area contributed by atoms with Crippen molar-refractivity contribution in [3.05, 3.63) is 34.1 Å². The van der Waals surface area contributed by atoms with E-state index < -0.39 is 5.54 Å². The molecule has 1 N–H and O–H groups in total. The van der Waals surface area contributed by atoms with Gasteiger partial charge in [-0.3, -0.25) is 0 Å². The van der Waals surface area contributed by atoms with E-state index in [1.54, 1.807) is 12.1 Å². The molecule has 1 saturated carbocycles. The zero-order valence-electron chi connectivity index (χ0n) is 11.3. The van der Waals surface area contributed by atoms with E-state index >= 15 is 0 Å². The second-order valence-corrected chi connectivity index (χ2v) is 6.52. The summed E-state index contributed by atoms with van der Waals surface area (Å²) >= 11 is 3.38. The number of fused-ring (bicyclic) bond motifs is 1. The van der Waals surface area contributed by atoms with E-state index in [-0.39, 0.29) is 11.7 Å². The Bertz CT molecular complexity index is 480. The van der Waals surface area contributed by atoms with Crippen molar-refractivity contribution in [1.29, 1.82) is 0 Å². The smallest absolute Gasteiger partial charge is 0.128 e. The Labute approximate surface area is 126 Å². The van der Waals surface area contributed by atoms with Gasteiger partial charge in [0.2, 0.25) is 0 Å². The summed E-state index contributed by atoms with van der Waals surface area (Å²) in [4.78, 5) is 5.33. The van der Waals surface area contributed by atoms with Crippen LogP contribution in [0.5, 0.6) is 0 Å². The van der Waals surface area contributed by atoms with Crippen LogP contribution >= 0.6 is 15.9 Å². The quantitative estimate of drug-likeness (QED) is 0.846. The number of benzene rings is 1. The van der Waals surface area contributed by atoms with Gasteiger partial charge in [-0.05, 0) is 24.6 Å². The summed E-state index contributed by atoms with van der Waals surface area (Å²) < 4.78 is 20.4. The first kappa shape index (κ1) is 14.4. The first-order valence-electron chi connectivity index (χ1n) is 7.14. The highest BCUT2D eigenvalue weighted by Gasteiger charge is 2.49. The minimum atomic E-state index is -0.536. The maximum atomic E-state index is 14.0. The monoisotopic (exact) mass is 343 g/mol. The first-order valence-corrected chi connectivity index (χ1v) is 7.94. The minimum absolute atomic E-state index is 0.221. The Hall–Kier alpha value is -0.490. The van der Waals surface area contributed by atoms with Crippen molar-refractivity contribution in [2.24, 2.45) is 5.92 Å². The molecule has 3 aliphatic rings. The second kappa shape index (κ2) is 6.10. The number of halogens is 2. The van der Waals surface area contributed by atoms with E-state index in [4.69, 9.17) is 9.57 Å². The summed E-state index contributed by atoms with van der Waals surface area (Å²) in [6.45, 7) is 1.77. The van der Waals surface area contributed by atoms with Gasteiger partial charge in [0.05, 0.1) is 18.8 Å². The zero-order valence-corrected chi connectivity index (χ0v) is 12.9. The molecule has 0 aromatic heterocycles. The van der Waals surface area contributed by atoms with Crippen LogP contribution in [0.3, 0.4) is 0 Å². The van der Waals surface area contributed by atoms with E-state index in [9.17, 15) is 4.39 Å². The van der Waals surface area contributed by atoms with Crippen molar-refractivity contribution in [2.75, 3.05) is 19.8 Å². The maximum Gasteiger partial charge on any atom is 0.128 e. The molecule has 1 aliphatic carbocycles. The molecule has 2 atom stereocenters. The molecule has 2 saturated heterocycles. The molecule has 0 radical (unpaired) electrons. The molecular weight excluding hydrogens is 325 g/mol. The third-order valence-corrected chi connectivity index (χ3v) is 4.43. The molecule has 2 unspecified atom stereocenters. The molecule has 0 spiro atoms. The van der Waals surface area contributed by atoms with Crippen molar-refractivity contribution in [2.45, 2.75) is 31.2 Å². The topological polar surface area (TPSA) is 30.5 Å². The fourth-order valence-corrected chi connectivity index (χ4v) is 2.99. The lowest BCUT2D eigenvalue weighted by Crippen LogP contribution is -2.49. The van der Waals surface area contributed by atoms with E-state index in [0.717, 1.165) is 10.9 Å². The summed E-state index contributed by atoms with van der Waals surface area (Å²) in [5.41, 5.74) is 3.05. The van der Waals surface area contributed by atoms with Crippen molar-refractivity contribution in [3.63, 3.8) is 0 Å². The van der Waals surface area contributed by atoms with Gasteiger partial charge >= 0.3 is 0 Å². The Balaban J connectivity index is 0.000000358. The second-order valence-electron chi connectivity index (χ2n) is 5.61. The average Bonchev–Trinajstić information content (AvgIpc) is 3.27. The fourth-order valence-electron chi connectivity index (χ4n) is 2.62. The first-order chi connectivity index (χ1) is 9.72. The molecule has 20 heavy (non-hydrogen) atoms. The lowest BCUT2D eigenvalue weighted by atomic mass is 9.77. The molecular formula is C15H19BrFNO2. The lowest BCUT2D eigenvalue weighted by molar-refractivity contribution is -0.0226. The number of rotatable bonds is 1. The number of hydroxylamine groups is 1. The predicted molar refractivity (Wildman–Crippen MR) is 77.6 cm³/mol. The molecule has 2 aliphatic heterocycles. The third-order valence-electron chi connectivity index (χ3n) is 3.94. The lowest BCUT2D eigenvalue weighted by Gasteiger charge is -2.37. The van der Waals surface area contributed by atoms with Crippen LogP contribution < -0.4 is 5.48 Å². The van der Waals surface area contributed by atoms with Crippen molar-refractivity contribution in [1.82, 2.24) is 5.48 Å². The molecule has 0 bridgehead atoms. The number of hydrogen-bond acceptors (Lipinski definition) is 3. The molecule has 3 fully saturated rings. The molecule has 1 aromatic rings. The minimum Gasteiger partial charge on any atom is -0.379 e. The Morgan fingerprint density at radius 1 is 1.30 bits per heavy atom. The molecule has 1 aromatic carbocycles. The van der Waals surface area contributed by atoms with E-state index in [1.165, 1.54) is 25.3 Å². The Morgan fingerprint density at radius 2 is 2.10 bits per heavy atom. The highest BCUT2D eigenvalue weighted by molar-refractivity contribution is 9.10. The summed E-state index contributed by atoms with van der Waals surface area (Å²) in [6.07, 6.45) is 5.39. The van der Waals surface area contributed by atoms with Gasteiger partial charge in [0, 0.05) is 22.6 Å². The summed E-state index contributed by atoms with van der Waals surface area (Å²) in [6, 6.07) is 4.97. The predicted octanol–water partition coefficient (Wildman–Crippen LogP) is 3.53. The summed E-state index contributed by atoms with van der Waals surface area (Å²) in [5.74, 6) is 0.0433.